The monoisotopic (exact) mass is 346 g/mol. The molecule has 132 valence electrons. The van der Waals surface area contributed by atoms with Crippen molar-refractivity contribution >= 4 is 11.8 Å². The van der Waals surface area contributed by atoms with Gasteiger partial charge in [0.15, 0.2) is 0 Å². The van der Waals surface area contributed by atoms with E-state index in [4.69, 9.17) is 0 Å². The van der Waals surface area contributed by atoms with Crippen molar-refractivity contribution in [2.24, 2.45) is 0 Å². The third-order valence-corrected chi connectivity index (χ3v) is 3.92. The lowest BCUT2D eigenvalue weighted by molar-refractivity contribution is -0.186. The van der Waals surface area contributed by atoms with Crippen molar-refractivity contribution in [1.82, 2.24) is 10.2 Å². The first-order chi connectivity index (χ1) is 11.3. The molecule has 0 spiro atoms. The predicted molar refractivity (Wildman–Crippen MR) is 78.5 cm³/mol. The van der Waals surface area contributed by atoms with E-state index in [0.717, 1.165) is 4.90 Å². The molecule has 4 nitrogen and oxygen atoms in total. The molecule has 0 radical (unpaired) electrons. The average molecular weight is 346 g/mol. The van der Waals surface area contributed by atoms with Gasteiger partial charge in [-0.1, -0.05) is 12.1 Å². The van der Waals surface area contributed by atoms with E-state index in [1.165, 1.54) is 12.1 Å². The lowest BCUT2D eigenvalue weighted by Crippen LogP contribution is -2.50. The smallest absolute Gasteiger partial charge is 0.353 e. The Kier molecular flexibility index (Phi) is 5.80. The molecule has 0 aliphatic carbocycles. The van der Waals surface area contributed by atoms with Crippen LogP contribution in [0.2, 0.25) is 0 Å². The molecule has 1 aromatic carbocycles. The Hall–Kier alpha value is -2.12. The summed E-state index contributed by atoms with van der Waals surface area (Å²) in [5.41, 5.74) is 0.704. The van der Waals surface area contributed by atoms with Crippen LogP contribution in [0.1, 0.15) is 24.8 Å². The molecular weight excluding hydrogens is 328 g/mol. The van der Waals surface area contributed by atoms with Crippen molar-refractivity contribution in [3.8, 4) is 0 Å². The Balaban J connectivity index is 1.73. The number of amides is 2. The minimum absolute atomic E-state index is 0.0345. The predicted octanol–water partition coefficient (Wildman–Crippen LogP) is 2.43. The number of piperidine rings is 1. The normalized spacial score (nSPS) is 16.1. The largest absolute Gasteiger partial charge is 0.471 e. The number of rotatable bonds is 4. The molecule has 1 aromatic rings. The maximum absolute atomic E-state index is 13.0. The molecule has 0 unspecified atom stereocenters. The van der Waals surface area contributed by atoms with Gasteiger partial charge in [0, 0.05) is 25.6 Å². The number of likely N-dealkylation sites (tertiary alicyclic amines) is 1. The first kappa shape index (κ1) is 18.2. The van der Waals surface area contributed by atoms with Gasteiger partial charge < -0.3 is 10.2 Å². The highest BCUT2D eigenvalue weighted by Gasteiger charge is 2.43. The van der Waals surface area contributed by atoms with Crippen molar-refractivity contribution in [2.45, 2.75) is 37.9 Å². The molecule has 1 aliphatic rings. The van der Waals surface area contributed by atoms with Gasteiger partial charge in [-0.2, -0.15) is 13.2 Å². The Morgan fingerprint density at radius 2 is 1.88 bits per heavy atom. The average Bonchev–Trinajstić information content (AvgIpc) is 2.52. The van der Waals surface area contributed by atoms with Gasteiger partial charge in [0.05, 0.1) is 0 Å². The van der Waals surface area contributed by atoms with Gasteiger partial charge in [0.25, 0.3) is 0 Å². The molecule has 0 atom stereocenters. The Morgan fingerprint density at radius 3 is 2.46 bits per heavy atom. The number of nitrogens with zero attached hydrogens (tertiary/aromatic N) is 1. The minimum atomic E-state index is -4.86. The fraction of sp³-hybridized carbons (Fsp3) is 0.500. The van der Waals surface area contributed by atoms with E-state index in [2.05, 4.69) is 5.32 Å². The molecule has 1 aliphatic heterocycles. The standard InChI is InChI=1S/C16H18F4N2O2/c17-12-3-1-2-11(10-12)4-5-14(23)21-13-6-8-22(9-7-13)15(24)16(18,19)20/h1-3,10,13H,4-9H2,(H,21,23). The Morgan fingerprint density at radius 1 is 1.21 bits per heavy atom. The highest BCUT2D eigenvalue weighted by atomic mass is 19.4. The quantitative estimate of drug-likeness (QED) is 0.852. The van der Waals surface area contributed by atoms with E-state index in [9.17, 15) is 27.2 Å². The molecular formula is C16H18F4N2O2. The van der Waals surface area contributed by atoms with Gasteiger partial charge in [-0.25, -0.2) is 4.39 Å². The van der Waals surface area contributed by atoms with E-state index < -0.39 is 12.1 Å². The second-order valence-electron chi connectivity index (χ2n) is 5.76. The molecule has 1 N–H and O–H groups in total. The minimum Gasteiger partial charge on any atom is -0.353 e. The Bertz CT molecular complexity index is 596. The van der Waals surface area contributed by atoms with Crippen LogP contribution in [-0.2, 0) is 16.0 Å². The van der Waals surface area contributed by atoms with Crippen molar-refractivity contribution < 1.29 is 27.2 Å². The third kappa shape index (κ3) is 5.21. The second-order valence-corrected chi connectivity index (χ2v) is 5.76. The Labute approximate surface area is 136 Å². The number of carbonyl (C=O) groups excluding carboxylic acids is 2. The van der Waals surface area contributed by atoms with E-state index in [0.29, 0.717) is 12.0 Å². The van der Waals surface area contributed by atoms with Crippen LogP contribution in [0.5, 0.6) is 0 Å². The lowest BCUT2D eigenvalue weighted by Gasteiger charge is -2.32. The van der Waals surface area contributed by atoms with Crippen LogP contribution in [0.15, 0.2) is 24.3 Å². The van der Waals surface area contributed by atoms with Crippen molar-refractivity contribution in [1.29, 1.82) is 0 Å². The maximum Gasteiger partial charge on any atom is 0.471 e. The maximum atomic E-state index is 13.0. The summed E-state index contributed by atoms with van der Waals surface area (Å²) in [6.45, 7) is -0.0691. The summed E-state index contributed by atoms with van der Waals surface area (Å²) >= 11 is 0. The van der Waals surface area contributed by atoms with Crippen LogP contribution in [-0.4, -0.2) is 42.0 Å². The van der Waals surface area contributed by atoms with Crippen LogP contribution in [0.4, 0.5) is 17.6 Å². The summed E-state index contributed by atoms with van der Waals surface area (Å²) in [6, 6.07) is 5.71. The topological polar surface area (TPSA) is 49.4 Å². The molecule has 2 rings (SSSR count). The highest BCUT2D eigenvalue weighted by Crippen LogP contribution is 2.21. The number of aryl methyl sites for hydroxylation is 1. The van der Waals surface area contributed by atoms with E-state index >= 15 is 0 Å². The number of nitrogens with one attached hydrogen (secondary N) is 1. The van der Waals surface area contributed by atoms with E-state index in [1.54, 1.807) is 12.1 Å². The second kappa shape index (κ2) is 7.63. The zero-order valence-corrected chi connectivity index (χ0v) is 12.9. The van der Waals surface area contributed by atoms with Crippen LogP contribution >= 0.6 is 0 Å². The molecule has 24 heavy (non-hydrogen) atoms. The molecule has 2 amide bonds. The van der Waals surface area contributed by atoms with Crippen LogP contribution in [0.3, 0.4) is 0 Å². The number of hydrogen-bond donors (Lipinski definition) is 1. The van der Waals surface area contributed by atoms with Crippen LogP contribution < -0.4 is 5.32 Å². The number of benzene rings is 1. The van der Waals surface area contributed by atoms with Crippen molar-refractivity contribution in [2.75, 3.05) is 13.1 Å². The fourth-order valence-corrected chi connectivity index (χ4v) is 2.66. The van der Waals surface area contributed by atoms with Gasteiger partial charge in [-0.15, -0.1) is 0 Å². The molecule has 0 bridgehead atoms. The number of halogens is 4. The summed E-state index contributed by atoms with van der Waals surface area (Å²) in [4.78, 5) is 23.8. The zero-order valence-electron chi connectivity index (χ0n) is 12.9. The van der Waals surface area contributed by atoms with E-state index in [1.807, 2.05) is 0 Å². The third-order valence-electron chi connectivity index (χ3n) is 3.92. The van der Waals surface area contributed by atoms with Crippen LogP contribution in [0.25, 0.3) is 0 Å². The van der Waals surface area contributed by atoms with Crippen molar-refractivity contribution in [3.05, 3.63) is 35.6 Å². The molecule has 0 saturated carbocycles. The van der Waals surface area contributed by atoms with Crippen LogP contribution in [0, 0.1) is 5.82 Å². The summed E-state index contributed by atoms with van der Waals surface area (Å²) in [7, 11) is 0. The van der Waals surface area contributed by atoms with Gasteiger partial charge >= 0.3 is 12.1 Å². The zero-order chi connectivity index (χ0) is 17.7. The number of alkyl halides is 3. The summed E-state index contributed by atoms with van der Waals surface area (Å²) in [5.74, 6) is -2.44. The van der Waals surface area contributed by atoms with Gasteiger partial charge in [0.2, 0.25) is 5.91 Å². The van der Waals surface area contributed by atoms with Gasteiger partial charge in [-0.3, -0.25) is 9.59 Å². The highest BCUT2D eigenvalue weighted by molar-refractivity contribution is 5.82. The fourth-order valence-electron chi connectivity index (χ4n) is 2.66. The number of carbonyl (C=O) groups is 2. The molecule has 1 saturated heterocycles. The first-order valence-corrected chi connectivity index (χ1v) is 7.65. The molecule has 1 heterocycles. The molecule has 1 fully saturated rings. The molecule has 8 heteroatoms. The summed E-state index contributed by atoms with van der Waals surface area (Å²) in [6.07, 6.45) is -3.73. The van der Waals surface area contributed by atoms with Gasteiger partial charge in [-0.05, 0) is 37.0 Å². The van der Waals surface area contributed by atoms with Gasteiger partial charge in [0.1, 0.15) is 5.82 Å². The summed E-state index contributed by atoms with van der Waals surface area (Å²) in [5, 5.41) is 2.75. The first-order valence-electron chi connectivity index (χ1n) is 7.65. The van der Waals surface area contributed by atoms with Crippen molar-refractivity contribution in [3.63, 3.8) is 0 Å². The number of hydrogen-bond acceptors (Lipinski definition) is 2. The van der Waals surface area contributed by atoms with E-state index in [-0.39, 0.29) is 50.1 Å². The lowest BCUT2D eigenvalue weighted by atomic mass is 10.0. The SMILES string of the molecule is O=C(CCc1cccc(F)c1)NC1CCN(C(=O)C(F)(F)F)CC1. The molecule has 0 aromatic heterocycles. The summed E-state index contributed by atoms with van der Waals surface area (Å²) < 4.78 is 50.1.